The summed E-state index contributed by atoms with van der Waals surface area (Å²) >= 11 is 0. The molecule has 3 atom stereocenters. The molecule has 0 saturated carbocycles. The average Bonchev–Trinajstić information content (AvgIpc) is 3.54. The van der Waals surface area contributed by atoms with E-state index in [1.54, 1.807) is 48.5 Å². The van der Waals surface area contributed by atoms with Crippen molar-refractivity contribution in [1.29, 1.82) is 0 Å². The Labute approximate surface area is 292 Å². The standard InChI is InChI=1S/C18H18O6.C16H15F6N5O/c19-17(20)15(23-11-13-7-3-1-4-8-13)16(18(21)22)24-12-14-9-5-2-6-10-14;17-10-6-12(19)11(18)4-8(10)3-9(23)5-14(28)26-1-2-27-13(7-26)24-25-15(27)16(20,21)22/h1-10,15-16H,11-12H2,(H,19,20)(H,21,22);4,6,9H,1-3,5,7,23H2/t15-,16-;/m1./s1. The van der Waals surface area contributed by atoms with E-state index in [1.807, 2.05) is 12.1 Å². The first-order valence-corrected chi connectivity index (χ1v) is 15.6. The molecule has 52 heavy (non-hydrogen) atoms. The molecule has 1 amide bonds. The van der Waals surface area contributed by atoms with Crippen molar-refractivity contribution in [3.05, 3.63) is 119 Å². The van der Waals surface area contributed by atoms with Gasteiger partial charge in [0.05, 0.1) is 19.8 Å². The highest BCUT2D eigenvalue weighted by Crippen LogP contribution is 2.29. The van der Waals surface area contributed by atoms with E-state index in [9.17, 15) is 50.9 Å². The van der Waals surface area contributed by atoms with Gasteiger partial charge < -0.3 is 34.9 Å². The van der Waals surface area contributed by atoms with Gasteiger partial charge in [-0.05, 0) is 29.2 Å². The maximum absolute atomic E-state index is 13.7. The van der Waals surface area contributed by atoms with E-state index < -0.39 is 65.5 Å². The fourth-order valence-electron chi connectivity index (χ4n) is 5.11. The molecule has 2 heterocycles. The molecular formula is C34H33F6N5O7. The normalized spacial score (nSPS) is 14.4. The number of aromatic nitrogens is 3. The van der Waals surface area contributed by atoms with Crippen LogP contribution in [-0.4, -0.2) is 72.5 Å². The summed E-state index contributed by atoms with van der Waals surface area (Å²) < 4.78 is 89.9. The van der Waals surface area contributed by atoms with Gasteiger partial charge in [-0.15, -0.1) is 10.2 Å². The third-order valence-electron chi connectivity index (χ3n) is 7.67. The first-order valence-electron chi connectivity index (χ1n) is 15.6. The van der Waals surface area contributed by atoms with Gasteiger partial charge in [0.1, 0.15) is 5.82 Å². The SMILES string of the molecule is NC(CC(=O)N1CCn2c(nnc2C(F)(F)F)C1)Cc1cc(F)c(F)cc1F.O=C(O)[C@H](OCc1ccccc1)[C@@H](OCc1ccccc1)C(=O)O. The summed E-state index contributed by atoms with van der Waals surface area (Å²) in [6.45, 7) is -0.337. The van der Waals surface area contributed by atoms with E-state index in [1.165, 1.54) is 4.90 Å². The minimum Gasteiger partial charge on any atom is -0.479 e. The summed E-state index contributed by atoms with van der Waals surface area (Å²) in [7, 11) is 0. The predicted molar refractivity (Wildman–Crippen MR) is 168 cm³/mol. The highest BCUT2D eigenvalue weighted by molar-refractivity contribution is 5.83. The molecule has 278 valence electrons. The number of ether oxygens (including phenoxy) is 2. The Balaban J connectivity index is 0.000000236. The molecule has 3 aromatic carbocycles. The molecule has 0 bridgehead atoms. The van der Waals surface area contributed by atoms with Crippen molar-refractivity contribution in [3.63, 3.8) is 0 Å². The van der Waals surface area contributed by atoms with Crippen LogP contribution in [-0.2, 0) is 62.8 Å². The lowest BCUT2D eigenvalue weighted by atomic mass is 10.0. The smallest absolute Gasteiger partial charge is 0.451 e. The van der Waals surface area contributed by atoms with Crippen LogP contribution in [0.1, 0.15) is 34.8 Å². The molecule has 0 spiro atoms. The van der Waals surface area contributed by atoms with Crippen molar-refractivity contribution in [2.75, 3.05) is 6.54 Å². The first kappa shape index (κ1) is 39.5. The fourth-order valence-corrected chi connectivity index (χ4v) is 5.11. The molecule has 1 unspecified atom stereocenters. The molecule has 1 aromatic heterocycles. The minimum absolute atomic E-state index is 0.000783. The number of hydrogen-bond acceptors (Lipinski definition) is 8. The minimum atomic E-state index is -4.64. The molecule has 1 aliphatic rings. The molecule has 1 aliphatic heterocycles. The van der Waals surface area contributed by atoms with Gasteiger partial charge in [-0.25, -0.2) is 22.8 Å². The molecule has 5 rings (SSSR count). The largest absolute Gasteiger partial charge is 0.479 e. The van der Waals surface area contributed by atoms with Gasteiger partial charge in [-0.3, -0.25) is 4.79 Å². The molecular weight excluding hydrogens is 704 g/mol. The van der Waals surface area contributed by atoms with Gasteiger partial charge in [0, 0.05) is 31.6 Å². The molecule has 0 fully saturated rings. The number of nitrogens with two attached hydrogens (primary N) is 1. The van der Waals surface area contributed by atoms with Gasteiger partial charge in [-0.2, -0.15) is 13.2 Å². The summed E-state index contributed by atoms with van der Waals surface area (Å²) in [6.07, 6.45) is -8.32. The van der Waals surface area contributed by atoms with Crippen LogP contribution in [0.2, 0.25) is 0 Å². The number of alkyl halides is 3. The van der Waals surface area contributed by atoms with Gasteiger partial charge >= 0.3 is 18.1 Å². The Bertz CT molecular complexity index is 1770. The first-order chi connectivity index (χ1) is 24.6. The number of carboxylic acids is 2. The monoisotopic (exact) mass is 737 g/mol. The number of rotatable bonds is 13. The van der Waals surface area contributed by atoms with Gasteiger partial charge in [0.2, 0.25) is 11.7 Å². The Morgan fingerprint density at radius 3 is 1.81 bits per heavy atom. The lowest BCUT2D eigenvalue weighted by molar-refractivity contribution is -0.179. The summed E-state index contributed by atoms with van der Waals surface area (Å²) in [5.74, 6) is -7.91. The third-order valence-corrected chi connectivity index (χ3v) is 7.67. The Morgan fingerprint density at radius 2 is 1.31 bits per heavy atom. The van der Waals surface area contributed by atoms with Crippen molar-refractivity contribution in [2.24, 2.45) is 5.73 Å². The van der Waals surface area contributed by atoms with E-state index in [0.717, 1.165) is 15.7 Å². The van der Waals surface area contributed by atoms with Crippen LogP contribution >= 0.6 is 0 Å². The molecule has 18 heteroatoms. The van der Waals surface area contributed by atoms with E-state index in [0.29, 0.717) is 12.1 Å². The van der Waals surface area contributed by atoms with E-state index in [4.69, 9.17) is 15.2 Å². The second-order valence-corrected chi connectivity index (χ2v) is 11.5. The number of carbonyl (C=O) groups is 3. The summed E-state index contributed by atoms with van der Waals surface area (Å²) in [5.41, 5.74) is 7.13. The quantitative estimate of drug-likeness (QED) is 0.133. The molecule has 4 N–H and O–H groups in total. The second-order valence-electron chi connectivity index (χ2n) is 11.5. The number of aliphatic carboxylic acids is 2. The average molecular weight is 738 g/mol. The van der Waals surface area contributed by atoms with Crippen LogP contribution in [0.3, 0.4) is 0 Å². The molecule has 0 saturated heterocycles. The number of halogens is 6. The summed E-state index contributed by atoms with van der Waals surface area (Å²) in [5, 5.41) is 25.2. The zero-order valence-corrected chi connectivity index (χ0v) is 27.2. The fraction of sp³-hybridized carbons (Fsp3) is 0.324. The predicted octanol–water partition coefficient (Wildman–Crippen LogP) is 4.34. The maximum atomic E-state index is 13.7. The number of amides is 1. The number of nitrogens with zero attached hydrogens (tertiary/aromatic N) is 4. The topological polar surface area (TPSA) is 170 Å². The Kier molecular flexibility index (Phi) is 13.5. The molecule has 4 aromatic rings. The molecule has 0 radical (unpaired) electrons. The number of carboxylic acid groups (broad SMARTS) is 2. The third kappa shape index (κ3) is 10.8. The van der Waals surface area contributed by atoms with Crippen molar-refractivity contribution >= 4 is 17.8 Å². The van der Waals surface area contributed by atoms with Crippen LogP contribution in [0.25, 0.3) is 0 Å². The highest BCUT2D eigenvalue weighted by Gasteiger charge is 2.40. The van der Waals surface area contributed by atoms with Crippen molar-refractivity contribution < 1.29 is 60.4 Å². The van der Waals surface area contributed by atoms with Crippen molar-refractivity contribution in [1.82, 2.24) is 19.7 Å². The summed E-state index contributed by atoms with van der Waals surface area (Å²) in [4.78, 5) is 36.4. The number of hydrogen-bond donors (Lipinski definition) is 3. The van der Waals surface area contributed by atoms with Gasteiger partial charge in [0.25, 0.3) is 0 Å². The molecule has 12 nitrogen and oxygen atoms in total. The van der Waals surface area contributed by atoms with Crippen LogP contribution in [0.5, 0.6) is 0 Å². The van der Waals surface area contributed by atoms with Gasteiger partial charge in [0.15, 0.2) is 29.7 Å². The van der Waals surface area contributed by atoms with E-state index in [-0.39, 0.29) is 57.1 Å². The second kappa shape index (κ2) is 17.7. The number of benzene rings is 3. The van der Waals surface area contributed by atoms with Crippen LogP contribution in [0, 0.1) is 17.5 Å². The highest BCUT2D eigenvalue weighted by atomic mass is 19.4. The zero-order chi connectivity index (χ0) is 38.0. The maximum Gasteiger partial charge on any atom is 0.451 e. The van der Waals surface area contributed by atoms with Crippen LogP contribution < -0.4 is 5.73 Å². The van der Waals surface area contributed by atoms with Gasteiger partial charge in [-0.1, -0.05) is 60.7 Å². The lowest BCUT2D eigenvalue weighted by Gasteiger charge is -2.29. The summed E-state index contributed by atoms with van der Waals surface area (Å²) in [6, 6.07) is 18.0. The van der Waals surface area contributed by atoms with Crippen LogP contribution in [0.4, 0.5) is 26.3 Å². The Hall–Kier alpha value is -5.33. The van der Waals surface area contributed by atoms with Crippen molar-refractivity contribution in [3.8, 4) is 0 Å². The molecule has 0 aliphatic carbocycles. The van der Waals surface area contributed by atoms with E-state index >= 15 is 0 Å². The zero-order valence-electron chi connectivity index (χ0n) is 27.2. The lowest BCUT2D eigenvalue weighted by Crippen LogP contribution is -2.43. The van der Waals surface area contributed by atoms with Crippen molar-refractivity contribution in [2.45, 2.75) is 63.6 Å². The van der Waals surface area contributed by atoms with Crippen LogP contribution in [0.15, 0.2) is 72.8 Å². The van der Waals surface area contributed by atoms with E-state index in [2.05, 4.69) is 10.2 Å². The number of fused-ring (bicyclic) bond motifs is 1. The number of carbonyl (C=O) groups excluding carboxylic acids is 1. The Morgan fingerprint density at radius 1 is 0.788 bits per heavy atom.